The monoisotopic (exact) mass is 461 g/mol. The second-order valence-corrected chi connectivity index (χ2v) is 8.67. The first-order valence-electron chi connectivity index (χ1n) is 7.65. The molecule has 2 N–H and O–H groups in total. The van der Waals surface area contributed by atoms with E-state index in [0.717, 1.165) is 14.5 Å². The summed E-state index contributed by atoms with van der Waals surface area (Å²) in [6.45, 7) is 7.90. The van der Waals surface area contributed by atoms with Crippen molar-refractivity contribution >= 4 is 50.6 Å². The van der Waals surface area contributed by atoms with Crippen molar-refractivity contribution in [2.75, 3.05) is 12.8 Å². The van der Waals surface area contributed by atoms with Gasteiger partial charge in [0.1, 0.15) is 0 Å². The molecule has 1 heterocycles. The van der Waals surface area contributed by atoms with Crippen LogP contribution in [0.2, 0.25) is 0 Å². The Kier molecular flexibility index (Phi) is 5.74. The lowest BCUT2D eigenvalue weighted by molar-refractivity contribution is -0.140. The number of hydrogen-bond acceptors (Lipinski definition) is 5. The zero-order valence-electron chi connectivity index (χ0n) is 14.5. The summed E-state index contributed by atoms with van der Waals surface area (Å²) in [6, 6.07) is 3.75. The third kappa shape index (κ3) is 3.82. The Hall–Kier alpha value is -0.565. The van der Waals surface area contributed by atoms with Gasteiger partial charge in [-0.25, -0.2) is 0 Å². The highest BCUT2D eigenvalue weighted by Crippen LogP contribution is 2.44. The maximum absolute atomic E-state index is 12.0. The van der Waals surface area contributed by atoms with Crippen LogP contribution in [0.15, 0.2) is 21.1 Å². The van der Waals surface area contributed by atoms with Crippen LogP contribution in [-0.2, 0) is 18.8 Å². The van der Waals surface area contributed by atoms with Crippen LogP contribution in [-0.4, -0.2) is 31.4 Å². The van der Waals surface area contributed by atoms with Crippen molar-refractivity contribution in [3.05, 3.63) is 26.6 Å². The van der Waals surface area contributed by atoms with Crippen molar-refractivity contribution in [2.24, 2.45) is 0 Å². The van der Waals surface area contributed by atoms with Crippen molar-refractivity contribution in [3.8, 4) is 0 Å². The van der Waals surface area contributed by atoms with E-state index in [4.69, 9.17) is 19.8 Å². The smallest absolute Gasteiger partial charge is 0.466 e. The molecule has 2 rings (SSSR count). The number of carbonyl (C=O) groups excluding carboxylic acids is 1. The van der Waals surface area contributed by atoms with Crippen LogP contribution in [0.4, 0.5) is 5.69 Å². The molecule has 1 fully saturated rings. The third-order valence-electron chi connectivity index (χ3n) is 4.74. The highest BCUT2D eigenvalue weighted by Gasteiger charge is 2.54. The lowest BCUT2D eigenvalue weighted by Crippen LogP contribution is -2.41. The number of rotatable bonds is 4. The molecule has 1 saturated heterocycles. The molecule has 0 bridgehead atoms. The van der Waals surface area contributed by atoms with Gasteiger partial charge in [0.2, 0.25) is 0 Å². The lowest BCUT2D eigenvalue weighted by Gasteiger charge is -2.32. The summed E-state index contributed by atoms with van der Waals surface area (Å²) in [4.78, 5) is 12.0. The first kappa shape index (κ1) is 19.8. The van der Waals surface area contributed by atoms with E-state index in [1.54, 1.807) is 0 Å². The van der Waals surface area contributed by atoms with Crippen LogP contribution in [0, 0.1) is 0 Å². The molecular formula is C16H22BBr2NO4. The molecule has 1 unspecified atom stereocenters. The second kappa shape index (κ2) is 6.98. The van der Waals surface area contributed by atoms with Gasteiger partial charge in [-0.2, -0.15) is 0 Å². The van der Waals surface area contributed by atoms with E-state index in [-0.39, 0.29) is 18.2 Å². The summed E-state index contributed by atoms with van der Waals surface area (Å²) in [6.07, 6.45) is 0.112. The van der Waals surface area contributed by atoms with Gasteiger partial charge in [0, 0.05) is 20.5 Å². The van der Waals surface area contributed by atoms with Crippen molar-refractivity contribution in [1.82, 2.24) is 0 Å². The third-order valence-corrected chi connectivity index (χ3v) is 5.85. The molecule has 132 valence electrons. The van der Waals surface area contributed by atoms with Crippen LogP contribution < -0.4 is 5.73 Å². The lowest BCUT2D eigenvalue weighted by atomic mass is 9.65. The van der Waals surface area contributed by atoms with Crippen molar-refractivity contribution in [1.29, 1.82) is 0 Å². The molecule has 1 aliphatic rings. The molecule has 0 saturated carbocycles. The summed E-state index contributed by atoms with van der Waals surface area (Å²) in [5, 5.41) is 0. The fourth-order valence-electron chi connectivity index (χ4n) is 2.58. The Balaban J connectivity index is 2.46. The summed E-state index contributed by atoms with van der Waals surface area (Å²) in [5.41, 5.74) is 6.58. The quantitative estimate of drug-likeness (QED) is 0.415. The minimum absolute atomic E-state index is 0.112. The van der Waals surface area contributed by atoms with E-state index >= 15 is 0 Å². The fourth-order valence-corrected chi connectivity index (χ4v) is 3.84. The Morgan fingerprint density at radius 3 is 2.29 bits per heavy atom. The predicted octanol–water partition coefficient (Wildman–Crippen LogP) is 4.07. The van der Waals surface area contributed by atoms with Crippen LogP contribution in [0.1, 0.15) is 45.5 Å². The Morgan fingerprint density at radius 2 is 1.79 bits per heavy atom. The number of carbonyl (C=O) groups is 1. The van der Waals surface area contributed by atoms with Crippen LogP contribution in [0.25, 0.3) is 0 Å². The van der Waals surface area contributed by atoms with E-state index in [0.29, 0.717) is 5.69 Å². The maximum atomic E-state index is 12.0. The molecule has 1 atom stereocenters. The number of benzene rings is 1. The van der Waals surface area contributed by atoms with Gasteiger partial charge in [-0.1, -0.05) is 15.9 Å². The molecule has 1 aromatic carbocycles. The summed E-state index contributed by atoms with van der Waals surface area (Å²) >= 11 is 6.92. The number of ether oxygens (including phenoxy) is 1. The number of nitrogen functional groups attached to an aromatic ring is 1. The Morgan fingerprint density at radius 1 is 1.25 bits per heavy atom. The minimum atomic E-state index is -0.599. The zero-order valence-corrected chi connectivity index (χ0v) is 17.7. The van der Waals surface area contributed by atoms with Crippen LogP contribution in [0.5, 0.6) is 0 Å². The highest BCUT2D eigenvalue weighted by molar-refractivity contribution is 9.11. The van der Waals surface area contributed by atoms with Crippen molar-refractivity contribution in [3.63, 3.8) is 0 Å². The van der Waals surface area contributed by atoms with E-state index < -0.39 is 18.3 Å². The van der Waals surface area contributed by atoms with Gasteiger partial charge in [-0.05, 0) is 61.3 Å². The number of anilines is 1. The molecular weight excluding hydrogens is 441 g/mol. The molecule has 0 spiro atoms. The van der Waals surface area contributed by atoms with Gasteiger partial charge in [-0.3, -0.25) is 4.79 Å². The first-order valence-corrected chi connectivity index (χ1v) is 9.24. The number of halogens is 2. The largest absolute Gasteiger partial charge is 0.469 e. The molecule has 0 aromatic heterocycles. The number of hydrogen-bond donors (Lipinski definition) is 1. The normalized spacial score (nSPS) is 20.0. The molecule has 0 amide bonds. The molecule has 1 aliphatic heterocycles. The SMILES string of the molecule is COC(=O)CC(B1OC(C)(C)C(C)(C)O1)c1cc(Br)cc(Br)c1N. The van der Waals surface area contributed by atoms with E-state index in [2.05, 4.69) is 31.9 Å². The second-order valence-electron chi connectivity index (χ2n) is 6.90. The van der Waals surface area contributed by atoms with Gasteiger partial charge in [-0.15, -0.1) is 0 Å². The molecule has 1 aromatic rings. The van der Waals surface area contributed by atoms with Gasteiger partial charge < -0.3 is 19.8 Å². The molecule has 0 aliphatic carbocycles. The highest BCUT2D eigenvalue weighted by atomic mass is 79.9. The average Bonchev–Trinajstić information content (AvgIpc) is 2.68. The van der Waals surface area contributed by atoms with Crippen molar-refractivity contribution < 1.29 is 18.8 Å². The van der Waals surface area contributed by atoms with Crippen molar-refractivity contribution in [2.45, 2.75) is 51.1 Å². The minimum Gasteiger partial charge on any atom is -0.469 e. The summed E-state index contributed by atoms with van der Waals surface area (Å²) < 4.78 is 18.7. The number of methoxy groups -OCH3 is 1. The van der Waals surface area contributed by atoms with Gasteiger partial charge in [0.05, 0.1) is 24.7 Å². The van der Waals surface area contributed by atoms with E-state index in [1.807, 2.05) is 39.8 Å². The standard InChI is InChI=1S/C16H22BBr2NO4/c1-15(2)16(3,4)24-17(23-15)11(8-13(21)22-5)10-6-9(18)7-12(19)14(10)20/h6-7,11H,8,20H2,1-5H3. The topological polar surface area (TPSA) is 70.8 Å². The number of nitrogens with two attached hydrogens (primary N) is 1. The zero-order chi connectivity index (χ0) is 18.3. The predicted molar refractivity (Wildman–Crippen MR) is 102 cm³/mol. The average molecular weight is 463 g/mol. The van der Waals surface area contributed by atoms with Crippen LogP contribution in [0.3, 0.4) is 0 Å². The van der Waals surface area contributed by atoms with E-state index in [1.165, 1.54) is 7.11 Å². The van der Waals surface area contributed by atoms with Gasteiger partial charge in [0.25, 0.3) is 0 Å². The molecule has 8 heteroatoms. The number of esters is 1. The van der Waals surface area contributed by atoms with Crippen LogP contribution >= 0.6 is 31.9 Å². The molecule has 24 heavy (non-hydrogen) atoms. The Bertz CT molecular complexity index is 635. The van der Waals surface area contributed by atoms with E-state index in [9.17, 15) is 4.79 Å². The van der Waals surface area contributed by atoms with Gasteiger partial charge in [0.15, 0.2) is 0 Å². The fraction of sp³-hybridized carbons (Fsp3) is 0.562. The maximum Gasteiger partial charge on any atom is 0.466 e. The summed E-state index contributed by atoms with van der Waals surface area (Å²) in [7, 11) is 0.765. The molecule has 5 nitrogen and oxygen atoms in total. The first-order chi connectivity index (χ1) is 11.0. The molecule has 0 radical (unpaired) electrons. The van der Waals surface area contributed by atoms with Gasteiger partial charge >= 0.3 is 13.1 Å². The summed E-state index contributed by atoms with van der Waals surface area (Å²) in [5.74, 6) is -0.725. The Labute approximate surface area is 160 Å².